The molecule has 0 aliphatic carbocycles. The fourth-order valence-corrected chi connectivity index (χ4v) is 2.26. The van der Waals surface area contributed by atoms with E-state index in [1.807, 2.05) is 39.0 Å². The average Bonchev–Trinajstić information content (AvgIpc) is 2.67. The minimum absolute atomic E-state index is 0.0728. The topological polar surface area (TPSA) is 55.0 Å². The Balaban J connectivity index is 2.02. The molecule has 1 heterocycles. The van der Waals surface area contributed by atoms with Crippen LogP contribution in [0.25, 0.3) is 11.0 Å². The minimum atomic E-state index is -0.216. The van der Waals surface area contributed by atoms with Crippen LogP contribution in [0.15, 0.2) is 23.4 Å². The molecule has 0 saturated heterocycles. The van der Waals surface area contributed by atoms with Crippen molar-refractivity contribution in [2.45, 2.75) is 32.0 Å². The molecule has 1 N–H and O–H groups in total. The van der Waals surface area contributed by atoms with Crippen LogP contribution in [0, 0.1) is 6.92 Å². The first-order chi connectivity index (χ1) is 8.54. The zero-order valence-electron chi connectivity index (χ0n) is 10.7. The summed E-state index contributed by atoms with van der Waals surface area (Å²) in [5, 5.41) is 0.747. The van der Waals surface area contributed by atoms with Gasteiger partial charge in [-0.05, 0) is 38.5 Å². The maximum absolute atomic E-state index is 11.4. The molecule has 0 fully saturated rings. The van der Waals surface area contributed by atoms with Gasteiger partial charge in [-0.15, -0.1) is 0 Å². The van der Waals surface area contributed by atoms with Crippen LogP contribution >= 0.6 is 11.8 Å². The normalized spacial score (nSPS) is 11.1. The number of rotatable bonds is 4. The molecule has 96 valence electrons. The first-order valence-electron chi connectivity index (χ1n) is 5.83. The summed E-state index contributed by atoms with van der Waals surface area (Å²) in [6.07, 6.45) is -0.0728. The molecule has 2 rings (SSSR count). The summed E-state index contributed by atoms with van der Waals surface area (Å²) >= 11 is 1.36. The van der Waals surface area contributed by atoms with Gasteiger partial charge in [0.1, 0.15) is 0 Å². The first-order valence-corrected chi connectivity index (χ1v) is 6.82. The summed E-state index contributed by atoms with van der Waals surface area (Å²) in [6.45, 7) is 5.71. The van der Waals surface area contributed by atoms with Gasteiger partial charge in [0, 0.05) is 0 Å². The Labute approximate surface area is 110 Å². The van der Waals surface area contributed by atoms with Gasteiger partial charge in [0.05, 0.1) is 22.9 Å². The number of hydrogen-bond donors (Lipinski definition) is 1. The molecule has 0 aliphatic rings. The molecule has 5 heteroatoms. The van der Waals surface area contributed by atoms with Crippen LogP contribution in [0.1, 0.15) is 19.4 Å². The fourth-order valence-electron chi connectivity index (χ4n) is 1.59. The molecule has 0 saturated carbocycles. The lowest BCUT2D eigenvalue weighted by atomic mass is 10.2. The summed E-state index contributed by atoms with van der Waals surface area (Å²) in [6, 6.07) is 6.03. The number of nitrogens with zero attached hydrogens (tertiary/aromatic N) is 1. The van der Waals surface area contributed by atoms with Crippen LogP contribution in [0.5, 0.6) is 0 Å². The van der Waals surface area contributed by atoms with Crippen LogP contribution in [-0.2, 0) is 9.53 Å². The van der Waals surface area contributed by atoms with Crippen molar-refractivity contribution in [3.05, 3.63) is 23.8 Å². The summed E-state index contributed by atoms with van der Waals surface area (Å²) in [5.74, 6) is 0.0587. The van der Waals surface area contributed by atoms with Crippen LogP contribution in [0.4, 0.5) is 0 Å². The molecule has 0 atom stereocenters. The SMILES string of the molecule is Cc1ccc2nc(SCC(=O)OC(C)C)[nH]c2c1. The number of benzene rings is 1. The van der Waals surface area contributed by atoms with Crippen LogP contribution in [0.3, 0.4) is 0 Å². The lowest BCUT2D eigenvalue weighted by Crippen LogP contribution is -2.13. The molecule has 18 heavy (non-hydrogen) atoms. The molecular formula is C13H16N2O2S. The number of esters is 1. The standard InChI is InChI=1S/C13H16N2O2S/c1-8(2)17-12(16)7-18-13-14-10-5-4-9(3)6-11(10)15-13/h4-6,8H,7H2,1-3H3,(H,14,15). The number of aryl methyl sites for hydroxylation is 1. The van der Waals surface area contributed by atoms with E-state index in [-0.39, 0.29) is 17.8 Å². The quantitative estimate of drug-likeness (QED) is 0.681. The zero-order valence-corrected chi connectivity index (χ0v) is 11.5. The van der Waals surface area contributed by atoms with Gasteiger partial charge >= 0.3 is 5.97 Å². The Morgan fingerprint density at radius 3 is 3.00 bits per heavy atom. The molecule has 4 nitrogen and oxygen atoms in total. The zero-order chi connectivity index (χ0) is 13.1. The highest BCUT2D eigenvalue weighted by atomic mass is 32.2. The number of thioether (sulfide) groups is 1. The summed E-state index contributed by atoms with van der Waals surface area (Å²) in [7, 11) is 0. The maximum Gasteiger partial charge on any atom is 0.316 e. The van der Waals surface area contributed by atoms with E-state index >= 15 is 0 Å². The highest BCUT2D eigenvalue weighted by Gasteiger charge is 2.09. The predicted octanol–water partition coefficient (Wildman–Crippen LogP) is 2.92. The second-order valence-electron chi connectivity index (χ2n) is 4.39. The van der Waals surface area contributed by atoms with Gasteiger partial charge in [-0.2, -0.15) is 0 Å². The first kappa shape index (κ1) is 13.0. The van der Waals surface area contributed by atoms with Gasteiger partial charge in [-0.3, -0.25) is 4.79 Å². The van der Waals surface area contributed by atoms with Crippen molar-refractivity contribution in [2.24, 2.45) is 0 Å². The van der Waals surface area contributed by atoms with Crippen molar-refractivity contribution < 1.29 is 9.53 Å². The lowest BCUT2D eigenvalue weighted by Gasteiger charge is -2.06. The van der Waals surface area contributed by atoms with E-state index in [4.69, 9.17) is 4.74 Å². The summed E-state index contributed by atoms with van der Waals surface area (Å²) < 4.78 is 5.06. The van der Waals surface area contributed by atoms with E-state index in [1.54, 1.807) is 0 Å². The van der Waals surface area contributed by atoms with Crippen molar-refractivity contribution >= 4 is 28.8 Å². The van der Waals surface area contributed by atoms with Gasteiger partial charge in [0.15, 0.2) is 5.16 Å². The van der Waals surface area contributed by atoms with E-state index in [1.165, 1.54) is 17.3 Å². The minimum Gasteiger partial charge on any atom is -0.462 e. The number of ether oxygens (including phenoxy) is 1. The van der Waals surface area contributed by atoms with Crippen molar-refractivity contribution in [1.29, 1.82) is 0 Å². The second-order valence-corrected chi connectivity index (χ2v) is 5.35. The van der Waals surface area contributed by atoms with Gasteiger partial charge in [0.2, 0.25) is 0 Å². The molecule has 2 aromatic rings. The highest BCUT2D eigenvalue weighted by Crippen LogP contribution is 2.20. The predicted molar refractivity (Wildman–Crippen MR) is 72.8 cm³/mol. The number of imidazole rings is 1. The smallest absolute Gasteiger partial charge is 0.316 e. The largest absolute Gasteiger partial charge is 0.462 e. The Bertz CT molecular complexity index is 563. The monoisotopic (exact) mass is 264 g/mol. The highest BCUT2D eigenvalue weighted by molar-refractivity contribution is 7.99. The summed E-state index contributed by atoms with van der Waals surface area (Å²) in [4.78, 5) is 19.0. The number of carbonyl (C=O) groups excluding carboxylic acids is 1. The van der Waals surface area contributed by atoms with Crippen molar-refractivity contribution in [3.8, 4) is 0 Å². The number of H-pyrrole nitrogens is 1. The van der Waals surface area contributed by atoms with Crippen molar-refractivity contribution in [3.63, 3.8) is 0 Å². The average molecular weight is 264 g/mol. The lowest BCUT2D eigenvalue weighted by molar-refractivity contribution is -0.144. The number of fused-ring (bicyclic) bond motifs is 1. The van der Waals surface area contributed by atoms with E-state index in [0.717, 1.165) is 16.2 Å². The Kier molecular flexibility index (Phi) is 3.91. The van der Waals surface area contributed by atoms with Crippen LogP contribution in [-0.4, -0.2) is 27.8 Å². The molecular weight excluding hydrogens is 248 g/mol. The number of hydrogen-bond acceptors (Lipinski definition) is 4. The third-order valence-electron chi connectivity index (χ3n) is 2.31. The fraction of sp³-hybridized carbons (Fsp3) is 0.385. The summed E-state index contributed by atoms with van der Waals surface area (Å²) in [5.41, 5.74) is 3.09. The molecule has 0 radical (unpaired) electrons. The van der Waals surface area contributed by atoms with Crippen LogP contribution in [0.2, 0.25) is 0 Å². The van der Waals surface area contributed by atoms with Gasteiger partial charge in [-0.25, -0.2) is 4.98 Å². The van der Waals surface area contributed by atoms with Gasteiger partial charge < -0.3 is 9.72 Å². The Hall–Kier alpha value is -1.49. The third-order valence-corrected chi connectivity index (χ3v) is 3.16. The van der Waals surface area contributed by atoms with Crippen LogP contribution < -0.4 is 0 Å². The Morgan fingerprint density at radius 1 is 1.50 bits per heavy atom. The number of nitrogens with one attached hydrogen (secondary N) is 1. The Morgan fingerprint density at radius 2 is 2.28 bits per heavy atom. The van der Waals surface area contributed by atoms with E-state index in [0.29, 0.717) is 0 Å². The number of aromatic nitrogens is 2. The van der Waals surface area contributed by atoms with Crippen molar-refractivity contribution in [2.75, 3.05) is 5.75 Å². The van der Waals surface area contributed by atoms with Gasteiger partial charge in [0.25, 0.3) is 0 Å². The maximum atomic E-state index is 11.4. The molecule has 0 spiro atoms. The number of aromatic amines is 1. The number of carbonyl (C=O) groups is 1. The van der Waals surface area contributed by atoms with E-state index < -0.39 is 0 Å². The second kappa shape index (κ2) is 5.44. The third kappa shape index (κ3) is 3.26. The molecule has 0 aliphatic heterocycles. The molecule has 0 amide bonds. The van der Waals surface area contributed by atoms with Crippen molar-refractivity contribution in [1.82, 2.24) is 9.97 Å². The molecule has 1 aromatic carbocycles. The molecule has 0 bridgehead atoms. The van der Waals surface area contributed by atoms with Gasteiger partial charge in [-0.1, -0.05) is 17.8 Å². The molecule has 1 aromatic heterocycles. The van der Waals surface area contributed by atoms with E-state index in [9.17, 15) is 4.79 Å². The molecule has 0 unspecified atom stereocenters. The van der Waals surface area contributed by atoms with E-state index in [2.05, 4.69) is 9.97 Å².